The standard InChI is InChI=1S/C28H37N7O/c1-16(2)25-26(22-13-35-28(29-15-30-35)20(6)19(22)5)33-23-9-10-24(34-27(23)25)32-18(4)8-7-17(3)31-21-11-12-36-14-21/h7-10,13,15-18,21,31,33H,11-12,14H2,1-6H3,(H,32,34)/b8-7+/t17-,18-,21?/m0/s1. The summed E-state index contributed by atoms with van der Waals surface area (Å²) in [6, 6.07) is 5.07. The monoisotopic (exact) mass is 487 g/mol. The van der Waals surface area contributed by atoms with Gasteiger partial charge < -0.3 is 20.4 Å². The molecule has 0 bridgehead atoms. The van der Waals surface area contributed by atoms with Crippen LogP contribution in [-0.4, -0.2) is 55.9 Å². The highest BCUT2D eigenvalue weighted by Crippen LogP contribution is 2.37. The first kappa shape index (κ1) is 24.5. The van der Waals surface area contributed by atoms with Crippen molar-refractivity contribution < 1.29 is 4.74 Å². The lowest BCUT2D eigenvalue weighted by Gasteiger charge is -2.16. The van der Waals surface area contributed by atoms with Gasteiger partial charge in [-0.3, -0.25) is 0 Å². The van der Waals surface area contributed by atoms with Gasteiger partial charge in [0, 0.05) is 42.1 Å². The highest BCUT2D eigenvalue weighted by atomic mass is 16.5. The van der Waals surface area contributed by atoms with E-state index >= 15 is 0 Å². The van der Waals surface area contributed by atoms with Crippen molar-refractivity contribution in [2.75, 3.05) is 18.5 Å². The Labute approximate surface area is 212 Å². The van der Waals surface area contributed by atoms with Gasteiger partial charge in [0.05, 0.1) is 23.3 Å². The molecule has 0 amide bonds. The molecule has 1 saturated heterocycles. The Balaban J connectivity index is 1.42. The Morgan fingerprint density at radius 3 is 2.67 bits per heavy atom. The third-order valence-corrected chi connectivity index (χ3v) is 7.14. The van der Waals surface area contributed by atoms with Gasteiger partial charge in [-0.2, -0.15) is 5.10 Å². The van der Waals surface area contributed by atoms with Crippen LogP contribution in [-0.2, 0) is 4.74 Å². The second kappa shape index (κ2) is 10.0. The zero-order valence-corrected chi connectivity index (χ0v) is 22.1. The molecule has 0 spiro atoms. The first-order chi connectivity index (χ1) is 17.3. The Kier molecular flexibility index (Phi) is 6.81. The van der Waals surface area contributed by atoms with Crippen LogP contribution in [0.4, 0.5) is 5.82 Å². The van der Waals surface area contributed by atoms with E-state index in [1.54, 1.807) is 6.33 Å². The summed E-state index contributed by atoms with van der Waals surface area (Å²) in [5.41, 5.74) is 8.73. The molecule has 36 heavy (non-hydrogen) atoms. The third-order valence-electron chi connectivity index (χ3n) is 7.14. The minimum Gasteiger partial charge on any atom is -0.380 e. The molecule has 1 aliphatic rings. The molecule has 5 heterocycles. The van der Waals surface area contributed by atoms with Crippen molar-refractivity contribution in [1.82, 2.24) is 29.9 Å². The fourth-order valence-electron chi connectivity index (χ4n) is 5.10. The zero-order valence-electron chi connectivity index (χ0n) is 22.1. The molecular formula is C28H37N7O. The normalized spacial score (nSPS) is 18.1. The molecule has 8 nitrogen and oxygen atoms in total. The van der Waals surface area contributed by atoms with Crippen LogP contribution in [0.15, 0.2) is 36.8 Å². The van der Waals surface area contributed by atoms with Crippen LogP contribution in [0.3, 0.4) is 0 Å². The minimum absolute atomic E-state index is 0.152. The lowest BCUT2D eigenvalue weighted by Crippen LogP contribution is -2.35. The van der Waals surface area contributed by atoms with Gasteiger partial charge >= 0.3 is 0 Å². The fraction of sp³-hybridized carbons (Fsp3) is 0.464. The zero-order chi connectivity index (χ0) is 25.4. The average Bonchev–Trinajstić information content (AvgIpc) is 3.59. The predicted molar refractivity (Wildman–Crippen MR) is 146 cm³/mol. The second-order valence-electron chi connectivity index (χ2n) is 10.3. The molecule has 8 heteroatoms. The smallest absolute Gasteiger partial charge is 0.158 e. The molecule has 1 aliphatic heterocycles. The van der Waals surface area contributed by atoms with Gasteiger partial charge in [-0.1, -0.05) is 26.0 Å². The summed E-state index contributed by atoms with van der Waals surface area (Å²) in [4.78, 5) is 13.1. The van der Waals surface area contributed by atoms with E-state index < -0.39 is 0 Å². The molecule has 0 radical (unpaired) electrons. The molecular weight excluding hydrogens is 450 g/mol. The number of aromatic nitrogens is 5. The van der Waals surface area contributed by atoms with E-state index in [9.17, 15) is 0 Å². The topological polar surface area (TPSA) is 92.2 Å². The number of pyridine rings is 2. The molecule has 190 valence electrons. The van der Waals surface area contributed by atoms with E-state index in [0.717, 1.165) is 59.0 Å². The summed E-state index contributed by atoms with van der Waals surface area (Å²) in [6.07, 6.45) is 9.17. The largest absolute Gasteiger partial charge is 0.380 e. The van der Waals surface area contributed by atoms with Gasteiger partial charge in [-0.25, -0.2) is 14.5 Å². The maximum Gasteiger partial charge on any atom is 0.158 e. The van der Waals surface area contributed by atoms with Crippen LogP contribution in [0, 0.1) is 13.8 Å². The Bertz CT molecular complexity index is 1390. The first-order valence-corrected chi connectivity index (χ1v) is 12.9. The van der Waals surface area contributed by atoms with Crippen molar-refractivity contribution in [1.29, 1.82) is 0 Å². The number of hydrogen-bond donors (Lipinski definition) is 3. The molecule has 1 fully saturated rings. The summed E-state index contributed by atoms with van der Waals surface area (Å²) in [5, 5.41) is 11.6. The predicted octanol–water partition coefficient (Wildman–Crippen LogP) is 5.14. The third kappa shape index (κ3) is 4.75. The molecule has 1 unspecified atom stereocenters. The average molecular weight is 488 g/mol. The van der Waals surface area contributed by atoms with E-state index in [0.29, 0.717) is 18.0 Å². The fourth-order valence-corrected chi connectivity index (χ4v) is 5.10. The quantitative estimate of drug-likeness (QED) is 0.298. The molecule has 3 atom stereocenters. The molecule has 4 aromatic rings. The molecule has 3 N–H and O–H groups in total. The maximum atomic E-state index is 5.46. The maximum absolute atomic E-state index is 5.46. The van der Waals surface area contributed by atoms with Gasteiger partial charge in [0.15, 0.2) is 5.65 Å². The lowest BCUT2D eigenvalue weighted by molar-refractivity contribution is 0.189. The number of anilines is 1. The van der Waals surface area contributed by atoms with Crippen molar-refractivity contribution in [2.24, 2.45) is 0 Å². The first-order valence-electron chi connectivity index (χ1n) is 12.9. The van der Waals surface area contributed by atoms with Crippen LogP contribution in [0.5, 0.6) is 0 Å². The number of rotatable bonds is 8. The van der Waals surface area contributed by atoms with E-state index in [4.69, 9.17) is 9.72 Å². The number of nitrogens with zero attached hydrogens (tertiary/aromatic N) is 4. The lowest BCUT2D eigenvalue weighted by atomic mass is 9.95. The second-order valence-corrected chi connectivity index (χ2v) is 10.3. The van der Waals surface area contributed by atoms with Gasteiger partial charge in [0.2, 0.25) is 0 Å². The van der Waals surface area contributed by atoms with Crippen molar-refractivity contribution >= 4 is 22.5 Å². The van der Waals surface area contributed by atoms with E-state index in [1.807, 2.05) is 10.6 Å². The van der Waals surface area contributed by atoms with Crippen LogP contribution < -0.4 is 10.6 Å². The molecule has 0 aromatic carbocycles. The van der Waals surface area contributed by atoms with Gasteiger partial charge in [-0.15, -0.1) is 0 Å². The minimum atomic E-state index is 0.152. The molecule has 4 aromatic heterocycles. The number of nitrogens with one attached hydrogen (secondary N) is 3. The van der Waals surface area contributed by atoms with E-state index in [2.05, 4.69) is 91.7 Å². The van der Waals surface area contributed by atoms with Crippen LogP contribution in [0.2, 0.25) is 0 Å². The van der Waals surface area contributed by atoms with E-state index in [-0.39, 0.29) is 6.04 Å². The highest BCUT2D eigenvalue weighted by Gasteiger charge is 2.21. The highest BCUT2D eigenvalue weighted by molar-refractivity contribution is 5.90. The summed E-state index contributed by atoms with van der Waals surface area (Å²) >= 11 is 0. The van der Waals surface area contributed by atoms with Crippen molar-refractivity contribution in [2.45, 2.75) is 72.0 Å². The Morgan fingerprint density at radius 1 is 1.11 bits per heavy atom. The summed E-state index contributed by atoms with van der Waals surface area (Å²) < 4.78 is 7.32. The van der Waals surface area contributed by atoms with Crippen molar-refractivity contribution in [3.8, 4) is 11.3 Å². The number of ether oxygens (including phenoxy) is 1. The van der Waals surface area contributed by atoms with Gasteiger partial charge in [0.1, 0.15) is 12.1 Å². The number of H-pyrrole nitrogens is 1. The van der Waals surface area contributed by atoms with Crippen LogP contribution in [0.25, 0.3) is 27.9 Å². The number of hydrogen-bond acceptors (Lipinski definition) is 6. The Hall–Kier alpha value is -3.23. The summed E-state index contributed by atoms with van der Waals surface area (Å²) in [6.45, 7) is 14.7. The Morgan fingerprint density at radius 2 is 1.92 bits per heavy atom. The number of aromatic amines is 1. The van der Waals surface area contributed by atoms with Crippen molar-refractivity contribution in [3.63, 3.8) is 0 Å². The number of fused-ring (bicyclic) bond motifs is 2. The molecule has 5 rings (SSSR count). The molecule has 0 aliphatic carbocycles. The number of aryl methyl sites for hydroxylation is 1. The van der Waals surface area contributed by atoms with Crippen LogP contribution >= 0.6 is 0 Å². The van der Waals surface area contributed by atoms with Crippen molar-refractivity contribution in [3.05, 3.63) is 53.5 Å². The van der Waals surface area contributed by atoms with E-state index in [1.165, 1.54) is 11.1 Å². The summed E-state index contributed by atoms with van der Waals surface area (Å²) in [5.74, 6) is 1.17. The molecule has 0 saturated carbocycles. The summed E-state index contributed by atoms with van der Waals surface area (Å²) in [7, 11) is 0. The van der Waals surface area contributed by atoms with Gasteiger partial charge in [0.25, 0.3) is 0 Å². The van der Waals surface area contributed by atoms with Crippen LogP contribution in [0.1, 0.15) is 56.7 Å². The SMILES string of the molecule is Cc1c(-c2[nH]c3ccc(N[C@@H](C)/C=C/[C@H](C)NC4CCOC4)nc3c2C(C)C)cn2ncnc2c1C. The van der Waals surface area contributed by atoms with Gasteiger partial charge in [-0.05, 0) is 63.3 Å².